The number of aromatic nitrogens is 2. The number of anilines is 2. The van der Waals surface area contributed by atoms with Gasteiger partial charge in [0.05, 0.1) is 0 Å². The molecule has 21 heavy (non-hydrogen) atoms. The van der Waals surface area contributed by atoms with Gasteiger partial charge in [0.15, 0.2) is 0 Å². The van der Waals surface area contributed by atoms with Crippen LogP contribution in [0.5, 0.6) is 0 Å². The van der Waals surface area contributed by atoms with Gasteiger partial charge < -0.3 is 10.6 Å². The van der Waals surface area contributed by atoms with Crippen LogP contribution in [0.2, 0.25) is 5.02 Å². The van der Waals surface area contributed by atoms with Crippen LogP contribution in [0.25, 0.3) is 0 Å². The van der Waals surface area contributed by atoms with Crippen LogP contribution in [0.15, 0.2) is 30.6 Å². The van der Waals surface area contributed by atoms with Crippen molar-refractivity contribution in [1.29, 1.82) is 0 Å². The van der Waals surface area contributed by atoms with E-state index in [4.69, 9.17) is 11.6 Å². The smallest absolute Gasteiger partial charge is 0.270 e. The Balaban J connectivity index is 2.17. The zero-order valence-corrected chi connectivity index (χ0v) is 12.9. The predicted octanol–water partition coefficient (Wildman–Crippen LogP) is 3.32. The normalized spacial score (nSPS) is 10.5. The Morgan fingerprint density at radius 3 is 2.67 bits per heavy atom. The lowest BCUT2D eigenvalue weighted by atomic mass is 10.2. The molecule has 0 aliphatic carbocycles. The van der Waals surface area contributed by atoms with Crippen molar-refractivity contribution in [2.75, 3.05) is 5.32 Å². The van der Waals surface area contributed by atoms with E-state index in [1.54, 1.807) is 6.07 Å². The van der Waals surface area contributed by atoms with E-state index >= 15 is 0 Å². The number of benzene rings is 1. The fraction of sp³-hybridized carbons (Fsp3) is 0.267. The maximum atomic E-state index is 11.9. The van der Waals surface area contributed by atoms with Crippen molar-refractivity contribution in [3.8, 4) is 0 Å². The largest absolute Gasteiger partial charge is 0.349 e. The molecule has 0 saturated carbocycles. The van der Waals surface area contributed by atoms with Crippen LogP contribution >= 0.6 is 11.6 Å². The Bertz CT molecular complexity index is 658. The van der Waals surface area contributed by atoms with Crippen LogP contribution in [-0.2, 0) is 0 Å². The van der Waals surface area contributed by atoms with Gasteiger partial charge in [0, 0.05) is 22.8 Å². The third-order valence-corrected chi connectivity index (χ3v) is 3.17. The monoisotopic (exact) mass is 304 g/mol. The Morgan fingerprint density at radius 2 is 2.00 bits per heavy atom. The highest BCUT2D eigenvalue weighted by atomic mass is 35.5. The molecule has 0 aliphatic heterocycles. The van der Waals surface area contributed by atoms with Crippen LogP contribution in [0.1, 0.15) is 29.9 Å². The summed E-state index contributed by atoms with van der Waals surface area (Å²) in [5, 5.41) is 6.57. The number of nitrogens with one attached hydrogen (secondary N) is 2. The van der Waals surface area contributed by atoms with Crippen molar-refractivity contribution in [2.24, 2.45) is 0 Å². The summed E-state index contributed by atoms with van der Waals surface area (Å²) in [6.45, 7) is 5.73. The van der Waals surface area contributed by atoms with E-state index in [1.165, 1.54) is 6.33 Å². The Labute approximate surface area is 128 Å². The molecule has 0 radical (unpaired) electrons. The van der Waals surface area contributed by atoms with Gasteiger partial charge in [-0.2, -0.15) is 0 Å². The summed E-state index contributed by atoms with van der Waals surface area (Å²) in [5.74, 6) is 0.316. The molecule has 0 unspecified atom stereocenters. The molecule has 0 aliphatic rings. The van der Waals surface area contributed by atoms with E-state index in [1.807, 2.05) is 39.0 Å². The van der Waals surface area contributed by atoms with Crippen molar-refractivity contribution in [3.05, 3.63) is 46.9 Å². The summed E-state index contributed by atoms with van der Waals surface area (Å²) < 4.78 is 0. The molecule has 0 atom stereocenters. The van der Waals surface area contributed by atoms with Gasteiger partial charge in [0.2, 0.25) is 0 Å². The molecular weight excluding hydrogens is 288 g/mol. The minimum Gasteiger partial charge on any atom is -0.349 e. The number of nitrogens with zero attached hydrogens (tertiary/aromatic N) is 2. The molecule has 0 bridgehead atoms. The number of rotatable bonds is 4. The molecule has 2 N–H and O–H groups in total. The van der Waals surface area contributed by atoms with E-state index < -0.39 is 0 Å². The number of aryl methyl sites for hydroxylation is 1. The second kappa shape index (κ2) is 6.54. The van der Waals surface area contributed by atoms with Crippen molar-refractivity contribution >= 4 is 29.0 Å². The molecule has 1 heterocycles. The van der Waals surface area contributed by atoms with E-state index in [-0.39, 0.29) is 11.9 Å². The average Bonchev–Trinajstić information content (AvgIpc) is 2.42. The zero-order valence-electron chi connectivity index (χ0n) is 12.1. The van der Waals surface area contributed by atoms with E-state index in [0.717, 1.165) is 11.3 Å². The van der Waals surface area contributed by atoms with Crippen LogP contribution in [0.4, 0.5) is 11.5 Å². The van der Waals surface area contributed by atoms with E-state index in [0.29, 0.717) is 16.5 Å². The first-order valence-electron chi connectivity index (χ1n) is 6.62. The standard InChI is InChI=1S/C15H17ClN4O/c1-9(2)19-15(21)13-7-14(18-8-17-13)20-11-5-4-10(3)12(16)6-11/h4-9H,1-3H3,(H,19,21)(H,17,18,20). The second-order valence-corrected chi connectivity index (χ2v) is 5.41. The molecule has 0 spiro atoms. The first-order valence-corrected chi connectivity index (χ1v) is 6.99. The molecule has 1 amide bonds. The van der Waals surface area contributed by atoms with Crippen LogP contribution in [0, 0.1) is 6.92 Å². The molecule has 6 heteroatoms. The molecule has 2 aromatic rings. The summed E-state index contributed by atoms with van der Waals surface area (Å²) in [4.78, 5) is 20.0. The minimum atomic E-state index is -0.225. The van der Waals surface area contributed by atoms with Crippen LogP contribution < -0.4 is 10.6 Å². The maximum Gasteiger partial charge on any atom is 0.270 e. The topological polar surface area (TPSA) is 66.9 Å². The van der Waals surface area contributed by atoms with E-state index in [9.17, 15) is 4.79 Å². The Kier molecular flexibility index (Phi) is 4.75. The first-order chi connectivity index (χ1) is 9.95. The van der Waals surface area contributed by atoms with Crippen LogP contribution in [0.3, 0.4) is 0 Å². The average molecular weight is 305 g/mol. The van der Waals surface area contributed by atoms with Gasteiger partial charge in [0.1, 0.15) is 17.8 Å². The molecule has 2 rings (SSSR count). The molecule has 1 aromatic carbocycles. The molecule has 1 aromatic heterocycles. The van der Waals surface area contributed by atoms with Gasteiger partial charge in [0.25, 0.3) is 5.91 Å². The number of halogens is 1. The third kappa shape index (κ3) is 4.16. The number of carbonyl (C=O) groups is 1. The van der Waals surface area contributed by atoms with Crippen molar-refractivity contribution in [3.63, 3.8) is 0 Å². The molecule has 0 saturated heterocycles. The Morgan fingerprint density at radius 1 is 1.24 bits per heavy atom. The van der Waals surface area contributed by atoms with Crippen molar-refractivity contribution in [1.82, 2.24) is 15.3 Å². The molecule has 110 valence electrons. The highest BCUT2D eigenvalue weighted by Gasteiger charge is 2.10. The molecule has 5 nitrogen and oxygen atoms in total. The quantitative estimate of drug-likeness (QED) is 0.909. The van der Waals surface area contributed by atoms with Gasteiger partial charge in [-0.1, -0.05) is 17.7 Å². The number of amides is 1. The summed E-state index contributed by atoms with van der Waals surface area (Å²) in [7, 11) is 0. The maximum absolute atomic E-state index is 11.9. The summed E-state index contributed by atoms with van der Waals surface area (Å²) in [5.41, 5.74) is 2.13. The number of hydrogen-bond donors (Lipinski definition) is 2. The summed E-state index contributed by atoms with van der Waals surface area (Å²) in [6.07, 6.45) is 1.35. The SMILES string of the molecule is Cc1ccc(Nc2cc(C(=O)NC(C)C)ncn2)cc1Cl. The number of carbonyl (C=O) groups excluding carboxylic acids is 1. The fourth-order valence-corrected chi connectivity index (χ4v) is 1.89. The van der Waals surface area contributed by atoms with Gasteiger partial charge in [-0.3, -0.25) is 4.79 Å². The van der Waals surface area contributed by atoms with Gasteiger partial charge in [-0.25, -0.2) is 9.97 Å². The first kappa shape index (κ1) is 15.3. The fourth-order valence-electron chi connectivity index (χ4n) is 1.70. The highest BCUT2D eigenvalue weighted by molar-refractivity contribution is 6.31. The van der Waals surface area contributed by atoms with E-state index in [2.05, 4.69) is 20.6 Å². The number of hydrogen-bond acceptors (Lipinski definition) is 4. The molecule has 0 fully saturated rings. The second-order valence-electron chi connectivity index (χ2n) is 5.01. The lowest BCUT2D eigenvalue weighted by Gasteiger charge is -2.10. The molecular formula is C15H17ClN4O. The highest BCUT2D eigenvalue weighted by Crippen LogP contribution is 2.22. The predicted molar refractivity (Wildman–Crippen MR) is 84.1 cm³/mol. The zero-order chi connectivity index (χ0) is 15.4. The Hall–Kier alpha value is -2.14. The third-order valence-electron chi connectivity index (χ3n) is 2.76. The van der Waals surface area contributed by atoms with Gasteiger partial charge in [-0.15, -0.1) is 0 Å². The lowest BCUT2D eigenvalue weighted by molar-refractivity contribution is 0.0938. The lowest BCUT2D eigenvalue weighted by Crippen LogP contribution is -2.30. The van der Waals surface area contributed by atoms with Crippen LogP contribution in [-0.4, -0.2) is 21.9 Å². The minimum absolute atomic E-state index is 0.0554. The summed E-state index contributed by atoms with van der Waals surface area (Å²) in [6, 6.07) is 7.29. The van der Waals surface area contributed by atoms with Gasteiger partial charge >= 0.3 is 0 Å². The van der Waals surface area contributed by atoms with Gasteiger partial charge in [-0.05, 0) is 38.5 Å². The summed E-state index contributed by atoms with van der Waals surface area (Å²) >= 11 is 6.08. The van der Waals surface area contributed by atoms with Crippen molar-refractivity contribution in [2.45, 2.75) is 26.8 Å². The van der Waals surface area contributed by atoms with Crippen molar-refractivity contribution < 1.29 is 4.79 Å².